The number of likely N-dealkylation sites (tertiary alicyclic amines) is 2. The highest BCUT2D eigenvalue weighted by molar-refractivity contribution is 5.74. The van der Waals surface area contributed by atoms with Crippen molar-refractivity contribution in [2.45, 2.75) is 50.5 Å². The molecule has 148 valence electrons. The summed E-state index contributed by atoms with van der Waals surface area (Å²) < 4.78 is 5.95. The maximum Gasteiger partial charge on any atom is 0.317 e. The molecule has 5 nitrogen and oxygen atoms in total. The molecule has 1 aromatic carbocycles. The van der Waals surface area contributed by atoms with Crippen LogP contribution >= 0.6 is 0 Å². The van der Waals surface area contributed by atoms with Gasteiger partial charge in [-0.3, -0.25) is 0 Å². The van der Waals surface area contributed by atoms with Crippen LogP contribution in [0.1, 0.15) is 49.1 Å². The van der Waals surface area contributed by atoms with Gasteiger partial charge in [0.05, 0.1) is 5.60 Å². The van der Waals surface area contributed by atoms with E-state index in [1.165, 1.54) is 30.4 Å². The van der Waals surface area contributed by atoms with Crippen LogP contribution in [-0.4, -0.2) is 67.3 Å². The Morgan fingerprint density at radius 1 is 1.22 bits per heavy atom. The number of urea groups is 1. The number of benzene rings is 1. The van der Waals surface area contributed by atoms with Crippen molar-refractivity contribution in [2.24, 2.45) is 0 Å². The van der Waals surface area contributed by atoms with Gasteiger partial charge in [-0.1, -0.05) is 24.3 Å². The number of piperidine rings is 1. The first-order valence-electron chi connectivity index (χ1n) is 10.6. The van der Waals surface area contributed by atoms with E-state index in [1.807, 2.05) is 4.90 Å². The van der Waals surface area contributed by atoms with Gasteiger partial charge >= 0.3 is 6.03 Å². The lowest BCUT2D eigenvalue weighted by Crippen LogP contribution is -2.50. The van der Waals surface area contributed by atoms with Crippen molar-refractivity contribution < 1.29 is 9.53 Å². The Kier molecular flexibility index (Phi) is 5.69. The van der Waals surface area contributed by atoms with Gasteiger partial charge in [-0.15, -0.1) is 0 Å². The summed E-state index contributed by atoms with van der Waals surface area (Å²) >= 11 is 0. The number of amides is 2. The molecule has 0 radical (unpaired) electrons. The Labute approximate surface area is 163 Å². The molecule has 5 heteroatoms. The highest BCUT2D eigenvalue weighted by atomic mass is 16.5. The largest absolute Gasteiger partial charge is 0.375 e. The molecule has 3 saturated heterocycles. The lowest BCUT2D eigenvalue weighted by molar-refractivity contribution is -0.0361. The summed E-state index contributed by atoms with van der Waals surface area (Å²) in [5, 5.41) is 3.13. The van der Waals surface area contributed by atoms with Gasteiger partial charge in [0.1, 0.15) is 0 Å². The highest BCUT2D eigenvalue weighted by Crippen LogP contribution is 2.35. The third-order valence-corrected chi connectivity index (χ3v) is 6.75. The molecule has 3 aliphatic rings. The molecule has 0 saturated carbocycles. The van der Waals surface area contributed by atoms with Crippen LogP contribution in [0.15, 0.2) is 24.3 Å². The minimum absolute atomic E-state index is 0.0803. The summed E-state index contributed by atoms with van der Waals surface area (Å²) in [7, 11) is 0. The average molecular weight is 372 g/mol. The zero-order valence-corrected chi connectivity index (χ0v) is 16.6. The molecule has 0 aromatic heterocycles. The Morgan fingerprint density at radius 2 is 2.04 bits per heavy atom. The minimum Gasteiger partial charge on any atom is -0.375 e. The quantitative estimate of drug-likeness (QED) is 0.884. The van der Waals surface area contributed by atoms with Crippen LogP contribution in [0.25, 0.3) is 0 Å². The van der Waals surface area contributed by atoms with Crippen LogP contribution < -0.4 is 5.32 Å². The number of ether oxygens (including phenoxy) is 1. The Balaban J connectivity index is 1.17. The number of carbonyl (C=O) groups excluding carboxylic acids is 1. The normalized spacial score (nSPS) is 25.2. The van der Waals surface area contributed by atoms with Crippen LogP contribution in [0, 0.1) is 6.92 Å². The maximum absolute atomic E-state index is 12.5. The summed E-state index contributed by atoms with van der Waals surface area (Å²) in [5.41, 5.74) is 2.96. The van der Waals surface area contributed by atoms with E-state index in [-0.39, 0.29) is 11.6 Å². The molecule has 1 atom stereocenters. The molecule has 3 aliphatic heterocycles. The molecule has 1 aromatic rings. The molecule has 2 amide bonds. The van der Waals surface area contributed by atoms with E-state index in [4.69, 9.17) is 4.74 Å². The molecule has 0 bridgehead atoms. The molecule has 1 N–H and O–H groups in total. The van der Waals surface area contributed by atoms with Crippen molar-refractivity contribution in [2.75, 3.05) is 45.9 Å². The number of aryl methyl sites for hydroxylation is 1. The molecule has 0 aliphatic carbocycles. The zero-order valence-electron chi connectivity index (χ0n) is 16.6. The fourth-order valence-corrected chi connectivity index (χ4v) is 5.03. The topological polar surface area (TPSA) is 44.8 Å². The van der Waals surface area contributed by atoms with E-state index < -0.39 is 0 Å². The summed E-state index contributed by atoms with van der Waals surface area (Å²) in [6.45, 7) is 8.65. The van der Waals surface area contributed by atoms with Crippen molar-refractivity contribution >= 4 is 6.03 Å². The van der Waals surface area contributed by atoms with Gasteiger partial charge in [0.25, 0.3) is 0 Å². The number of hydrogen-bond donors (Lipinski definition) is 1. The van der Waals surface area contributed by atoms with Gasteiger partial charge in [0, 0.05) is 39.3 Å². The number of nitrogens with zero attached hydrogens (tertiary/aromatic N) is 2. The smallest absolute Gasteiger partial charge is 0.317 e. The predicted molar refractivity (Wildman–Crippen MR) is 107 cm³/mol. The molecule has 1 spiro atoms. The third kappa shape index (κ3) is 4.30. The van der Waals surface area contributed by atoms with Crippen LogP contribution in [0.5, 0.6) is 0 Å². The molecule has 3 fully saturated rings. The Hall–Kier alpha value is -1.59. The summed E-state index contributed by atoms with van der Waals surface area (Å²) in [4.78, 5) is 16.9. The van der Waals surface area contributed by atoms with Crippen LogP contribution in [0.4, 0.5) is 4.79 Å². The minimum atomic E-state index is 0.0803. The molecular weight excluding hydrogens is 338 g/mol. The molecule has 3 heterocycles. The summed E-state index contributed by atoms with van der Waals surface area (Å²) in [6, 6.07) is 8.82. The number of carbonyl (C=O) groups is 1. The lowest BCUT2D eigenvalue weighted by atomic mass is 9.89. The van der Waals surface area contributed by atoms with Crippen LogP contribution in [0.2, 0.25) is 0 Å². The zero-order chi connectivity index (χ0) is 18.7. The van der Waals surface area contributed by atoms with E-state index in [0.717, 1.165) is 58.7 Å². The van der Waals surface area contributed by atoms with E-state index in [9.17, 15) is 4.79 Å². The third-order valence-electron chi connectivity index (χ3n) is 6.75. The van der Waals surface area contributed by atoms with E-state index in [2.05, 4.69) is 41.4 Å². The van der Waals surface area contributed by atoms with Gasteiger partial charge < -0.3 is 19.9 Å². The first-order chi connectivity index (χ1) is 13.2. The van der Waals surface area contributed by atoms with Gasteiger partial charge in [-0.05, 0) is 62.6 Å². The Bertz CT molecular complexity index is 647. The van der Waals surface area contributed by atoms with Crippen molar-refractivity contribution in [3.8, 4) is 0 Å². The predicted octanol–water partition coefficient (Wildman–Crippen LogP) is 3.14. The van der Waals surface area contributed by atoms with Crippen LogP contribution in [0.3, 0.4) is 0 Å². The van der Waals surface area contributed by atoms with Crippen molar-refractivity contribution in [3.63, 3.8) is 0 Å². The maximum atomic E-state index is 12.5. The first-order valence-corrected chi connectivity index (χ1v) is 10.6. The standard InChI is InChI=1S/C22H33N3O2/c1-18-5-2-3-6-20(18)19-7-12-24(17-19)15-11-23-21(26)25-13-9-22(10-14-25)8-4-16-27-22/h2-3,5-6,19H,4,7-17H2,1H3,(H,23,26)/t19-/m0/s1. The monoisotopic (exact) mass is 371 g/mol. The SMILES string of the molecule is Cc1ccccc1[C@H]1CCN(CCNC(=O)N2CCC3(CCCO3)CC2)C1. The average Bonchev–Trinajstić information content (AvgIpc) is 3.33. The van der Waals surface area contributed by atoms with E-state index >= 15 is 0 Å². The first kappa shape index (κ1) is 18.8. The fraction of sp³-hybridized carbons (Fsp3) is 0.682. The number of hydrogen-bond acceptors (Lipinski definition) is 3. The van der Waals surface area contributed by atoms with Gasteiger partial charge in [-0.25, -0.2) is 4.79 Å². The van der Waals surface area contributed by atoms with E-state index in [0.29, 0.717) is 5.92 Å². The summed E-state index contributed by atoms with van der Waals surface area (Å²) in [6.07, 6.45) is 5.54. The molecule has 4 rings (SSSR count). The second-order valence-corrected chi connectivity index (χ2v) is 8.50. The van der Waals surface area contributed by atoms with Crippen molar-refractivity contribution in [1.29, 1.82) is 0 Å². The van der Waals surface area contributed by atoms with Crippen molar-refractivity contribution in [1.82, 2.24) is 15.1 Å². The number of nitrogens with one attached hydrogen (secondary N) is 1. The second-order valence-electron chi connectivity index (χ2n) is 8.50. The summed E-state index contributed by atoms with van der Waals surface area (Å²) in [5.74, 6) is 0.631. The molecular formula is C22H33N3O2. The second kappa shape index (κ2) is 8.19. The van der Waals surface area contributed by atoms with Gasteiger partial charge in [0.2, 0.25) is 0 Å². The molecule has 27 heavy (non-hydrogen) atoms. The fourth-order valence-electron chi connectivity index (χ4n) is 5.03. The van der Waals surface area contributed by atoms with Crippen molar-refractivity contribution in [3.05, 3.63) is 35.4 Å². The Morgan fingerprint density at radius 3 is 2.78 bits per heavy atom. The highest BCUT2D eigenvalue weighted by Gasteiger charge is 2.39. The number of rotatable bonds is 4. The van der Waals surface area contributed by atoms with Crippen LogP contribution in [-0.2, 0) is 4.74 Å². The molecule has 0 unspecified atom stereocenters. The van der Waals surface area contributed by atoms with Gasteiger partial charge in [0.15, 0.2) is 0 Å². The van der Waals surface area contributed by atoms with E-state index in [1.54, 1.807) is 0 Å². The lowest BCUT2D eigenvalue weighted by Gasteiger charge is -2.38. The van der Waals surface area contributed by atoms with Gasteiger partial charge in [-0.2, -0.15) is 0 Å².